The Bertz CT molecular complexity index is 846. The van der Waals surface area contributed by atoms with Gasteiger partial charge in [-0.2, -0.15) is 0 Å². The molecule has 0 saturated carbocycles. The number of thiophene rings is 1. The minimum atomic E-state index is -0.534. The molecule has 27 heavy (non-hydrogen) atoms. The van der Waals surface area contributed by atoms with Crippen molar-refractivity contribution in [3.05, 3.63) is 38.5 Å². The molecule has 0 atom stereocenters. The van der Waals surface area contributed by atoms with Crippen molar-refractivity contribution in [3.63, 3.8) is 0 Å². The molecular weight excluding hydrogens is 411 g/mol. The van der Waals surface area contributed by atoms with E-state index in [0.29, 0.717) is 32.1 Å². The number of benzene rings is 1. The first-order valence-corrected chi connectivity index (χ1v) is 9.53. The van der Waals surface area contributed by atoms with Crippen molar-refractivity contribution >= 4 is 46.4 Å². The minimum absolute atomic E-state index is 0.224. The summed E-state index contributed by atoms with van der Waals surface area (Å²) < 4.78 is 11.3. The van der Waals surface area contributed by atoms with Gasteiger partial charge in [0, 0.05) is 17.6 Å². The van der Waals surface area contributed by atoms with E-state index in [4.69, 9.17) is 38.4 Å². The van der Waals surface area contributed by atoms with Crippen LogP contribution in [0.5, 0.6) is 5.75 Å². The number of nitrogens with two attached hydrogens (primary N) is 1. The second-order valence-electron chi connectivity index (χ2n) is 6.53. The van der Waals surface area contributed by atoms with Crippen LogP contribution >= 0.6 is 34.5 Å². The number of amides is 1. The topological polar surface area (TPSA) is 90.6 Å². The molecule has 0 unspecified atom stereocenters. The molecule has 0 radical (unpaired) electrons. The Morgan fingerprint density at radius 3 is 2.48 bits per heavy atom. The van der Waals surface area contributed by atoms with Crippen molar-refractivity contribution in [1.82, 2.24) is 5.32 Å². The van der Waals surface area contributed by atoms with E-state index in [1.54, 1.807) is 32.0 Å². The summed E-state index contributed by atoms with van der Waals surface area (Å²) >= 11 is 13.4. The van der Waals surface area contributed by atoms with Crippen LogP contribution in [-0.4, -0.2) is 37.7 Å². The van der Waals surface area contributed by atoms with Gasteiger partial charge in [0.1, 0.15) is 10.1 Å². The lowest BCUT2D eigenvalue weighted by molar-refractivity contribution is -0.123. The molecule has 6 nitrogen and oxygen atoms in total. The fourth-order valence-corrected chi connectivity index (χ4v) is 3.64. The van der Waals surface area contributed by atoms with Crippen molar-refractivity contribution in [2.45, 2.75) is 19.4 Å². The Labute approximate surface area is 171 Å². The number of rotatable bonds is 7. The van der Waals surface area contributed by atoms with Gasteiger partial charge in [-0.3, -0.25) is 4.79 Å². The van der Waals surface area contributed by atoms with Crippen LogP contribution in [0.4, 0.5) is 0 Å². The van der Waals surface area contributed by atoms with E-state index in [2.05, 4.69) is 5.32 Å². The average Bonchev–Trinajstić information content (AvgIpc) is 2.94. The molecule has 0 bridgehead atoms. The second kappa shape index (κ2) is 8.93. The number of halogens is 2. The quantitative estimate of drug-likeness (QED) is 0.652. The maximum atomic E-state index is 12.0. The zero-order valence-electron chi connectivity index (χ0n) is 15.1. The molecule has 0 aliphatic heterocycles. The van der Waals surface area contributed by atoms with E-state index >= 15 is 0 Å². The van der Waals surface area contributed by atoms with Crippen LogP contribution in [0, 0.1) is 0 Å². The molecule has 2 aromatic rings. The molecule has 1 aromatic heterocycles. The predicted octanol–water partition coefficient (Wildman–Crippen LogP) is 3.74. The van der Waals surface area contributed by atoms with E-state index in [1.807, 2.05) is 0 Å². The lowest BCUT2D eigenvalue weighted by Crippen LogP contribution is -2.46. The summed E-state index contributed by atoms with van der Waals surface area (Å²) in [5.74, 6) is -0.530. The zero-order chi connectivity index (χ0) is 20.2. The third-order valence-electron chi connectivity index (χ3n) is 3.41. The highest BCUT2D eigenvalue weighted by molar-refractivity contribution is 7.20. The molecular formula is C18H20Cl2N2O4S. The zero-order valence-corrected chi connectivity index (χ0v) is 17.4. The van der Waals surface area contributed by atoms with Gasteiger partial charge >= 0.3 is 5.97 Å². The number of esters is 1. The van der Waals surface area contributed by atoms with Crippen LogP contribution in [0.15, 0.2) is 24.3 Å². The highest BCUT2D eigenvalue weighted by atomic mass is 35.5. The number of ether oxygens (including phenoxy) is 2. The Balaban J connectivity index is 2.22. The average molecular weight is 431 g/mol. The van der Waals surface area contributed by atoms with Gasteiger partial charge in [-0.15, -0.1) is 11.3 Å². The maximum absolute atomic E-state index is 12.0. The lowest BCUT2D eigenvalue weighted by atomic mass is 10.1. The van der Waals surface area contributed by atoms with Crippen molar-refractivity contribution in [2.75, 3.05) is 20.3 Å². The van der Waals surface area contributed by atoms with Crippen molar-refractivity contribution < 1.29 is 19.1 Å². The van der Waals surface area contributed by atoms with E-state index in [1.165, 1.54) is 24.5 Å². The number of carbonyl (C=O) groups excluding carboxylic acids is 2. The normalized spacial score (nSPS) is 11.2. The highest BCUT2D eigenvalue weighted by Crippen LogP contribution is 2.39. The largest absolute Gasteiger partial charge is 0.484 e. The lowest BCUT2D eigenvalue weighted by Gasteiger charge is -2.19. The smallest absolute Gasteiger partial charge is 0.338 e. The van der Waals surface area contributed by atoms with E-state index in [-0.39, 0.29) is 18.1 Å². The molecule has 0 saturated heterocycles. The number of nitrogens with one attached hydrogen (secondary N) is 1. The van der Waals surface area contributed by atoms with Crippen LogP contribution in [0.25, 0.3) is 11.1 Å². The molecule has 0 fully saturated rings. The van der Waals surface area contributed by atoms with Gasteiger partial charge < -0.3 is 20.5 Å². The summed E-state index contributed by atoms with van der Waals surface area (Å²) in [6.07, 6.45) is 0. The molecule has 146 valence electrons. The Morgan fingerprint density at radius 2 is 1.93 bits per heavy atom. The number of methoxy groups -OCH3 is 1. The van der Waals surface area contributed by atoms with E-state index < -0.39 is 11.5 Å². The van der Waals surface area contributed by atoms with Gasteiger partial charge in [-0.1, -0.05) is 23.2 Å². The van der Waals surface area contributed by atoms with Crippen LogP contribution in [0.1, 0.15) is 24.2 Å². The fraction of sp³-hybridized carbons (Fsp3) is 0.333. The molecule has 2 rings (SSSR count). The fourth-order valence-electron chi connectivity index (χ4n) is 2.14. The van der Waals surface area contributed by atoms with Crippen LogP contribution < -0.4 is 15.8 Å². The molecule has 1 aromatic carbocycles. The number of hydrogen-bond acceptors (Lipinski definition) is 6. The Kier molecular flexibility index (Phi) is 7.11. The van der Waals surface area contributed by atoms with Crippen molar-refractivity contribution in [1.29, 1.82) is 0 Å². The van der Waals surface area contributed by atoms with E-state index in [0.717, 1.165) is 0 Å². The van der Waals surface area contributed by atoms with E-state index in [9.17, 15) is 9.59 Å². The SMILES string of the molecule is COC(=O)c1cc(OCC(=O)NCC(C)(C)N)cc(-c2cc(Cl)sc2Cl)c1. The summed E-state index contributed by atoms with van der Waals surface area (Å²) in [6, 6.07) is 6.50. The summed E-state index contributed by atoms with van der Waals surface area (Å²) in [7, 11) is 1.28. The maximum Gasteiger partial charge on any atom is 0.338 e. The standard InChI is InChI=1S/C18H20Cl2N2O4S/c1-18(2,21)9-22-15(23)8-26-12-5-10(4-11(6-12)17(24)25-3)13-7-14(19)27-16(13)20/h4-7H,8-9,21H2,1-3H3,(H,22,23). The number of carbonyl (C=O) groups is 2. The first-order valence-electron chi connectivity index (χ1n) is 7.96. The van der Waals surface area contributed by atoms with Crippen LogP contribution in [0.3, 0.4) is 0 Å². The second-order valence-corrected chi connectivity index (χ2v) is 8.82. The summed E-state index contributed by atoms with van der Waals surface area (Å²) in [6.45, 7) is 3.69. The van der Waals surface area contributed by atoms with Gasteiger partial charge in [0.15, 0.2) is 6.61 Å². The summed E-state index contributed by atoms with van der Waals surface area (Å²) in [5.41, 5.74) is 6.87. The summed E-state index contributed by atoms with van der Waals surface area (Å²) in [5, 5.41) is 2.68. The highest BCUT2D eigenvalue weighted by Gasteiger charge is 2.16. The third kappa shape index (κ3) is 6.39. The Morgan fingerprint density at radius 1 is 1.22 bits per heavy atom. The molecule has 1 heterocycles. The van der Waals surface area contributed by atoms with Gasteiger partial charge in [0.2, 0.25) is 0 Å². The molecule has 0 aliphatic rings. The van der Waals surface area contributed by atoms with Gasteiger partial charge in [-0.25, -0.2) is 4.79 Å². The van der Waals surface area contributed by atoms with Gasteiger partial charge in [0.25, 0.3) is 5.91 Å². The molecule has 1 amide bonds. The first kappa shape index (κ1) is 21.5. The summed E-state index contributed by atoms with van der Waals surface area (Å²) in [4.78, 5) is 23.9. The third-order valence-corrected chi connectivity index (χ3v) is 4.89. The minimum Gasteiger partial charge on any atom is -0.484 e. The van der Waals surface area contributed by atoms with Gasteiger partial charge in [0.05, 0.1) is 17.0 Å². The van der Waals surface area contributed by atoms with Crippen LogP contribution in [-0.2, 0) is 9.53 Å². The molecule has 0 aliphatic carbocycles. The monoisotopic (exact) mass is 430 g/mol. The Hall–Kier alpha value is -1.80. The van der Waals surface area contributed by atoms with Crippen molar-refractivity contribution in [2.24, 2.45) is 5.73 Å². The van der Waals surface area contributed by atoms with Crippen LogP contribution in [0.2, 0.25) is 8.67 Å². The molecule has 0 spiro atoms. The molecule has 3 N–H and O–H groups in total. The molecule has 9 heteroatoms. The predicted molar refractivity (Wildman–Crippen MR) is 108 cm³/mol. The first-order chi connectivity index (χ1) is 12.6. The van der Waals surface area contributed by atoms with Gasteiger partial charge in [-0.05, 0) is 43.7 Å². The number of hydrogen-bond donors (Lipinski definition) is 2. The van der Waals surface area contributed by atoms with Crippen molar-refractivity contribution in [3.8, 4) is 16.9 Å².